The van der Waals surface area contributed by atoms with Crippen LogP contribution in [0.3, 0.4) is 0 Å². The highest BCUT2D eigenvalue weighted by Crippen LogP contribution is 2.25. The summed E-state index contributed by atoms with van der Waals surface area (Å²) in [5, 5.41) is 14.5. The van der Waals surface area contributed by atoms with E-state index in [1.165, 1.54) is 16.7 Å². The van der Waals surface area contributed by atoms with E-state index in [0.717, 1.165) is 11.6 Å². The molecule has 0 radical (unpaired) electrons. The lowest BCUT2D eigenvalue weighted by Crippen LogP contribution is -2.49. The third kappa shape index (κ3) is 4.95. The van der Waals surface area contributed by atoms with Gasteiger partial charge in [0, 0.05) is 56.0 Å². The summed E-state index contributed by atoms with van der Waals surface area (Å²) in [7, 11) is 0. The van der Waals surface area contributed by atoms with E-state index in [2.05, 4.69) is 15.0 Å². The first kappa shape index (κ1) is 22.3. The molecule has 2 unspecified atom stereocenters. The maximum Gasteiger partial charge on any atom is 0.441 e. The molecule has 0 saturated carbocycles. The first-order chi connectivity index (χ1) is 15.4. The molecule has 1 aromatic heterocycles. The summed E-state index contributed by atoms with van der Waals surface area (Å²) >= 11 is 0. The van der Waals surface area contributed by atoms with Crippen LogP contribution in [0.25, 0.3) is 11.4 Å². The molecule has 1 aliphatic rings. The molecule has 0 aliphatic carbocycles. The monoisotopic (exact) mass is 444 g/mol. The smallest absolute Gasteiger partial charge is 0.390 e. The number of β-amino-alcohol motifs (C(OH)–C–C–N with tert-alkyl or cyclic N) is 1. The van der Waals surface area contributed by atoms with Gasteiger partial charge in [-0.1, -0.05) is 41.6 Å². The lowest BCUT2D eigenvalue weighted by Gasteiger charge is -2.38. The second kappa shape index (κ2) is 9.72. The van der Waals surface area contributed by atoms with Gasteiger partial charge in [0.25, 0.3) is 0 Å². The highest BCUT2D eigenvalue weighted by Gasteiger charge is 2.26. The molecule has 0 amide bonds. The van der Waals surface area contributed by atoms with Crippen molar-refractivity contribution in [2.24, 2.45) is 0 Å². The SMILES string of the molecule is CC(c1ccc(F)cc1F)N1CCN(CC(O)Cn2c(-c3ccccc3)noc2=O)CC1. The van der Waals surface area contributed by atoms with Crippen molar-refractivity contribution in [2.75, 3.05) is 32.7 Å². The molecular formula is C23H26F2N4O3. The topological polar surface area (TPSA) is 74.7 Å². The van der Waals surface area contributed by atoms with E-state index in [1.807, 2.05) is 37.3 Å². The fourth-order valence-corrected chi connectivity index (χ4v) is 4.16. The van der Waals surface area contributed by atoms with E-state index < -0.39 is 23.5 Å². The minimum Gasteiger partial charge on any atom is -0.390 e. The van der Waals surface area contributed by atoms with Crippen LogP contribution in [0.2, 0.25) is 0 Å². The molecule has 2 atom stereocenters. The Hall–Kier alpha value is -2.88. The molecule has 0 bridgehead atoms. The molecule has 32 heavy (non-hydrogen) atoms. The predicted molar refractivity (Wildman–Crippen MR) is 115 cm³/mol. The van der Waals surface area contributed by atoms with Gasteiger partial charge in [0.2, 0.25) is 0 Å². The largest absolute Gasteiger partial charge is 0.441 e. The Bertz CT molecular complexity index is 1090. The van der Waals surface area contributed by atoms with Crippen molar-refractivity contribution in [2.45, 2.75) is 25.6 Å². The number of aliphatic hydroxyl groups excluding tert-OH is 1. The second-order valence-electron chi connectivity index (χ2n) is 8.08. The Morgan fingerprint density at radius 3 is 2.47 bits per heavy atom. The maximum atomic E-state index is 14.1. The zero-order valence-electron chi connectivity index (χ0n) is 17.8. The van der Waals surface area contributed by atoms with Crippen molar-refractivity contribution in [3.8, 4) is 11.4 Å². The van der Waals surface area contributed by atoms with E-state index in [9.17, 15) is 18.7 Å². The zero-order chi connectivity index (χ0) is 22.7. The lowest BCUT2D eigenvalue weighted by molar-refractivity contribution is 0.0515. The predicted octanol–water partition coefficient (Wildman–Crippen LogP) is 2.52. The number of hydrogen-bond donors (Lipinski definition) is 1. The van der Waals surface area contributed by atoms with Gasteiger partial charge in [-0.15, -0.1) is 0 Å². The highest BCUT2D eigenvalue weighted by molar-refractivity contribution is 5.54. The van der Waals surface area contributed by atoms with Crippen LogP contribution in [0.5, 0.6) is 0 Å². The van der Waals surface area contributed by atoms with Gasteiger partial charge in [-0.05, 0) is 13.0 Å². The zero-order valence-corrected chi connectivity index (χ0v) is 17.8. The Labute approximate surface area is 184 Å². The highest BCUT2D eigenvalue weighted by atomic mass is 19.1. The van der Waals surface area contributed by atoms with Crippen LogP contribution in [-0.2, 0) is 6.54 Å². The molecular weight excluding hydrogens is 418 g/mol. The summed E-state index contributed by atoms with van der Waals surface area (Å²) in [4.78, 5) is 16.3. The van der Waals surface area contributed by atoms with Crippen LogP contribution < -0.4 is 5.76 Å². The van der Waals surface area contributed by atoms with Crippen molar-refractivity contribution >= 4 is 0 Å². The third-order valence-electron chi connectivity index (χ3n) is 5.95. The third-order valence-corrected chi connectivity index (χ3v) is 5.95. The van der Waals surface area contributed by atoms with Crippen LogP contribution in [0.4, 0.5) is 8.78 Å². The van der Waals surface area contributed by atoms with Gasteiger partial charge in [-0.3, -0.25) is 18.9 Å². The molecule has 0 spiro atoms. The van der Waals surface area contributed by atoms with Crippen molar-refractivity contribution in [1.29, 1.82) is 0 Å². The van der Waals surface area contributed by atoms with Crippen molar-refractivity contribution in [3.05, 3.63) is 76.3 Å². The fourth-order valence-electron chi connectivity index (χ4n) is 4.16. The Balaban J connectivity index is 1.33. The van der Waals surface area contributed by atoms with Crippen LogP contribution >= 0.6 is 0 Å². The average Bonchev–Trinajstić information content (AvgIpc) is 3.14. The number of rotatable bonds is 7. The maximum absolute atomic E-state index is 14.1. The molecule has 1 saturated heterocycles. The second-order valence-corrected chi connectivity index (χ2v) is 8.08. The normalized spacial score (nSPS) is 17.4. The van der Waals surface area contributed by atoms with Crippen molar-refractivity contribution < 1.29 is 18.4 Å². The molecule has 1 fully saturated rings. The van der Waals surface area contributed by atoms with Crippen LogP contribution in [-0.4, -0.2) is 63.5 Å². The number of hydrogen-bond acceptors (Lipinski definition) is 6. The summed E-state index contributed by atoms with van der Waals surface area (Å²) in [6.45, 7) is 5.12. The number of halogens is 2. The Morgan fingerprint density at radius 1 is 1.06 bits per heavy atom. The molecule has 1 aliphatic heterocycles. The minimum absolute atomic E-state index is 0.0734. The first-order valence-electron chi connectivity index (χ1n) is 10.6. The van der Waals surface area contributed by atoms with Crippen molar-refractivity contribution in [3.63, 3.8) is 0 Å². The number of aliphatic hydroxyl groups is 1. The van der Waals surface area contributed by atoms with E-state index in [1.54, 1.807) is 0 Å². The van der Waals surface area contributed by atoms with Crippen LogP contribution in [0.1, 0.15) is 18.5 Å². The number of benzene rings is 2. The number of aromatic nitrogens is 2. The van der Waals surface area contributed by atoms with E-state index in [-0.39, 0.29) is 12.6 Å². The fraction of sp³-hybridized carbons (Fsp3) is 0.391. The summed E-state index contributed by atoms with van der Waals surface area (Å²) in [6, 6.07) is 12.7. The molecule has 170 valence electrons. The average molecular weight is 444 g/mol. The molecule has 7 nitrogen and oxygen atoms in total. The Kier molecular flexibility index (Phi) is 6.78. The standard InChI is InChI=1S/C23H26F2N4O3/c1-16(20-8-7-18(24)13-21(20)25)28-11-9-27(10-12-28)14-19(30)15-29-22(26-32-23(29)31)17-5-3-2-4-6-17/h2-8,13,16,19,30H,9-12,14-15H2,1H3. The summed E-state index contributed by atoms with van der Waals surface area (Å²) < 4.78 is 33.5. The molecule has 1 N–H and O–H groups in total. The number of nitrogens with zero attached hydrogens (tertiary/aromatic N) is 4. The summed E-state index contributed by atoms with van der Waals surface area (Å²) in [6.07, 6.45) is -0.784. The summed E-state index contributed by atoms with van der Waals surface area (Å²) in [5.74, 6) is -1.35. The van der Waals surface area contributed by atoms with Gasteiger partial charge in [0.15, 0.2) is 5.82 Å². The lowest BCUT2D eigenvalue weighted by atomic mass is 10.1. The molecule has 2 heterocycles. The van der Waals surface area contributed by atoms with E-state index in [4.69, 9.17) is 4.52 Å². The first-order valence-corrected chi connectivity index (χ1v) is 10.6. The molecule has 3 aromatic rings. The quantitative estimate of drug-likeness (QED) is 0.604. The van der Waals surface area contributed by atoms with Gasteiger partial charge in [-0.25, -0.2) is 13.6 Å². The molecule has 9 heteroatoms. The molecule has 4 rings (SSSR count). The molecule has 2 aromatic carbocycles. The van der Waals surface area contributed by atoms with Crippen LogP contribution in [0, 0.1) is 11.6 Å². The van der Waals surface area contributed by atoms with E-state index in [0.29, 0.717) is 44.1 Å². The van der Waals surface area contributed by atoms with Gasteiger partial charge >= 0.3 is 5.76 Å². The van der Waals surface area contributed by atoms with E-state index >= 15 is 0 Å². The van der Waals surface area contributed by atoms with Gasteiger partial charge in [0.05, 0.1) is 12.6 Å². The summed E-state index contributed by atoms with van der Waals surface area (Å²) in [5.41, 5.74) is 1.21. The van der Waals surface area contributed by atoms with Gasteiger partial charge in [-0.2, -0.15) is 0 Å². The van der Waals surface area contributed by atoms with Crippen LogP contribution in [0.15, 0.2) is 57.8 Å². The van der Waals surface area contributed by atoms with Gasteiger partial charge < -0.3 is 5.11 Å². The Morgan fingerprint density at radius 2 is 1.78 bits per heavy atom. The van der Waals surface area contributed by atoms with Crippen molar-refractivity contribution in [1.82, 2.24) is 19.5 Å². The van der Waals surface area contributed by atoms with Gasteiger partial charge in [0.1, 0.15) is 11.6 Å². The number of piperazine rings is 1. The minimum atomic E-state index is -0.784.